The molecule has 0 fully saturated rings. The van der Waals surface area contributed by atoms with E-state index in [9.17, 15) is 13.2 Å². The van der Waals surface area contributed by atoms with Crippen molar-refractivity contribution in [3.63, 3.8) is 0 Å². The second kappa shape index (κ2) is 6.44. The number of rotatable bonds is 7. The highest BCUT2D eigenvalue weighted by molar-refractivity contribution is 9.10. The lowest BCUT2D eigenvalue weighted by atomic mass is 10.1. The molecular formula is C9H15BrN4O4S. The number of aryl methyl sites for hydroxylation is 1. The van der Waals surface area contributed by atoms with E-state index in [0.29, 0.717) is 12.8 Å². The molecule has 0 radical (unpaired) electrons. The number of hydrogen-bond donors (Lipinski definition) is 2. The molecule has 0 aliphatic heterocycles. The van der Waals surface area contributed by atoms with Crippen LogP contribution in [-0.4, -0.2) is 41.0 Å². The van der Waals surface area contributed by atoms with Crippen molar-refractivity contribution < 1.29 is 18.3 Å². The molecule has 0 saturated carbocycles. The van der Waals surface area contributed by atoms with E-state index in [-0.39, 0.29) is 16.2 Å². The Kier molecular flexibility index (Phi) is 5.44. The highest BCUT2D eigenvalue weighted by atomic mass is 79.9. The number of aliphatic carboxylic acids is 1. The van der Waals surface area contributed by atoms with E-state index in [1.165, 1.54) is 7.05 Å². The Morgan fingerprint density at radius 1 is 1.58 bits per heavy atom. The molecule has 10 heteroatoms. The van der Waals surface area contributed by atoms with Gasteiger partial charge in [-0.25, -0.2) is 17.8 Å². The van der Waals surface area contributed by atoms with Crippen molar-refractivity contribution in [2.45, 2.75) is 24.8 Å². The second-order valence-corrected chi connectivity index (χ2v) is 6.52. The number of aromatic nitrogens is 3. The first kappa shape index (κ1) is 16.1. The lowest BCUT2D eigenvalue weighted by molar-refractivity contribution is -0.141. The quantitative estimate of drug-likeness (QED) is 0.683. The Labute approximate surface area is 119 Å². The topological polar surface area (TPSA) is 114 Å². The summed E-state index contributed by atoms with van der Waals surface area (Å²) in [4.78, 5) is 10.6. The highest BCUT2D eigenvalue weighted by Gasteiger charge is 2.23. The van der Waals surface area contributed by atoms with Crippen LogP contribution < -0.4 is 4.72 Å². The smallest absolute Gasteiger partial charge is 0.306 e. The van der Waals surface area contributed by atoms with Crippen LogP contribution in [0.25, 0.3) is 0 Å². The van der Waals surface area contributed by atoms with Gasteiger partial charge in [-0.15, -0.1) is 5.10 Å². The predicted molar refractivity (Wildman–Crippen MR) is 69.9 cm³/mol. The second-order valence-electron chi connectivity index (χ2n) is 4.09. The van der Waals surface area contributed by atoms with Crippen LogP contribution in [0.15, 0.2) is 9.63 Å². The van der Waals surface area contributed by atoms with E-state index < -0.39 is 21.9 Å². The molecule has 1 atom stereocenters. The molecule has 2 N–H and O–H groups in total. The molecule has 0 aliphatic rings. The van der Waals surface area contributed by atoms with E-state index >= 15 is 0 Å². The molecule has 1 heterocycles. The van der Waals surface area contributed by atoms with E-state index in [1.54, 1.807) is 6.92 Å². The molecule has 0 amide bonds. The average Bonchev–Trinajstić information content (AvgIpc) is 2.64. The zero-order chi connectivity index (χ0) is 14.6. The van der Waals surface area contributed by atoms with E-state index in [4.69, 9.17) is 5.11 Å². The lowest BCUT2D eigenvalue weighted by Gasteiger charge is -2.08. The summed E-state index contributed by atoms with van der Waals surface area (Å²) >= 11 is 3.01. The Morgan fingerprint density at radius 2 is 2.21 bits per heavy atom. The van der Waals surface area contributed by atoms with Gasteiger partial charge in [0.05, 0.1) is 5.92 Å². The molecule has 1 aromatic heterocycles. The maximum Gasteiger partial charge on any atom is 0.306 e. The standard InChI is InChI=1S/C9H15BrN4O4S/c1-6(9(15)16)4-3-5-11-19(17,18)8-7(10)12-13-14(8)2/h6,11H,3-5H2,1-2H3,(H,15,16). The van der Waals surface area contributed by atoms with Crippen LogP contribution >= 0.6 is 15.9 Å². The SMILES string of the molecule is CC(CCCNS(=O)(=O)c1c(Br)nnn1C)C(=O)O. The molecule has 0 aromatic carbocycles. The molecule has 0 bridgehead atoms. The number of sulfonamides is 1. The lowest BCUT2D eigenvalue weighted by Crippen LogP contribution is -2.27. The largest absolute Gasteiger partial charge is 0.481 e. The maximum absolute atomic E-state index is 12.0. The third kappa shape index (κ3) is 4.25. The third-order valence-electron chi connectivity index (χ3n) is 2.52. The van der Waals surface area contributed by atoms with Crippen LogP contribution in [0.5, 0.6) is 0 Å². The summed E-state index contributed by atoms with van der Waals surface area (Å²) in [6.07, 6.45) is 0.845. The van der Waals surface area contributed by atoms with E-state index in [2.05, 4.69) is 31.0 Å². The summed E-state index contributed by atoms with van der Waals surface area (Å²) in [6.45, 7) is 1.75. The first-order valence-corrected chi connectivity index (χ1v) is 7.81. The molecule has 1 rings (SSSR count). The Balaban J connectivity index is 2.56. The first-order valence-electron chi connectivity index (χ1n) is 5.53. The van der Waals surface area contributed by atoms with Crippen molar-refractivity contribution in [2.75, 3.05) is 6.54 Å². The highest BCUT2D eigenvalue weighted by Crippen LogP contribution is 2.17. The van der Waals surface area contributed by atoms with E-state index in [0.717, 1.165) is 4.68 Å². The number of carboxylic acid groups (broad SMARTS) is 1. The van der Waals surface area contributed by atoms with Crippen molar-refractivity contribution in [3.8, 4) is 0 Å². The van der Waals surface area contributed by atoms with Gasteiger partial charge in [-0.2, -0.15) is 0 Å². The Bertz CT molecular complexity index is 537. The Hall–Kier alpha value is -1.00. The van der Waals surface area contributed by atoms with E-state index in [1.807, 2.05) is 0 Å². The molecule has 0 aliphatic carbocycles. The van der Waals surface area contributed by atoms with Crippen molar-refractivity contribution in [3.05, 3.63) is 4.60 Å². The minimum atomic E-state index is -3.70. The molecule has 19 heavy (non-hydrogen) atoms. The molecular weight excluding hydrogens is 340 g/mol. The molecule has 0 spiro atoms. The van der Waals surface area contributed by atoms with Gasteiger partial charge in [-0.1, -0.05) is 12.1 Å². The first-order chi connectivity index (χ1) is 8.75. The van der Waals surface area contributed by atoms with Crippen molar-refractivity contribution in [1.82, 2.24) is 19.7 Å². The van der Waals surface area contributed by atoms with Gasteiger partial charge in [-0.3, -0.25) is 4.79 Å². The monoisotopic (exact) mass is 354 g/mol. The van der Waals surface area contributed by atoms with Crippen molar-refractivity contribution in [1.29, 1.82) is 0 Å². The molecule has 1 aromatic rings. The zero-order valence-electron chi connectivity index (χ0n) is 10.5. The summed E-state index contributed by atoms with van der Waals surface area (Å²) in [5.41, 5.74) is 0. The number of nitrogens with one attached hydrogen (secondary N) is 1. The van der Waals surface area contributed by atoms with Crippen molar-refractivity contribution >= 4 is 31.9 Å². The van der Waals surface area contributed by atoms with Crippen LogP contribution in [0.2, 0.25) is 0 Å². The number of carboxylic acids is 1. The molecule has 8 nitrogen and oxygen atoms in total. The number of carbonyl (C=O) groups is 1. The summed E-state index contributed by atoms with van der Waals surface area (Å²) in [7, 11) is -2.23. The average molecular weight is 355 g/mol. The van der Waals surface area contributed by atoms with Crippen molar-refractivity contribution in [2.24, 2.45) is 13.0 Å². The van der Waals surface area contributed by atoms with Gasteiger partial charge in [0.25, 0.3) is 10.0 Å². The van der Waals surface area contributed by atoms with Crippen LogP contribution in [-0.2, 0) is 21.9 Å². The van der Waals surface area contributed by atoms with Gasteiger partial charge < -0.3 is 5.11 Å². The summed E-state index contributed by atoms with van der Waals surface area (Å²) in [5, 5.41) is 15.8. The molecule has 0 saturated heterocycles. The fourth-order valence-electron chi connectivity index (χ4n) is 1.41. The molecule has 1 unspecified atom stereocenters. The molecule has 108 valence electrons. The van der Waals surface area contributed by atoms with Gasteiger partial charge in [-0.05, 0) is 28.8 Å². The third-order valence-corrected chi connectivity index (χ3v) is 4.87. The minimum absolute atomic E-state index is 0.0567. The number of halogens is 1. The number of hydrogen-bond acceptors (Lipinski definition) is 5. The normalized spacial score (nSPS) is 13.4. The number of nitrogens with zero attached hydrogens (tertiary/aromatic N) is 3. The van der Waals surface area contributed by atoms with Gasteiger partial charge >= 0.3 is 5.97 Å². The fourth-order valence-corrected chi connectivity index (χ4v) is 3.58. The summed E-state index contributed by atoms with van der Waals surface area (Å²) in [6, 6.07) is 0. The minimum Gasteiger partial charge on any atom is -0.481 e. The van der Waals surface area contributed by atoms with Gasteiger partial charge in [0, 0.05) is 13.6 Å². The van der Waals surface area contributed by atoms with Gasteiger partial charge in [0.15, 0.2) is 4.60 Å². The summed E-state index contributed by atoms with van der Waals surface area (Å²) in [5.74, 6) is -1.38. The summed E-state index contributed by atoms with van der Waals surface area (Å²) < 4.78 is 27.6. The van der Waals surface area contributed by atoms with Crippen LogP contribution in [0.3, 0.4) is 0 Å². The van der Waals surface area contributed by atoms with Crippen LogP contribution in [0.1, 0.15) is 19.8 Å². The zero-order valence-corrected chi connectivity index (χ0v) is 12.9. The van der Waals surface area contributed by atoms with Crippen LogP contribution in [0, 0.1) is 5.92 Å². The predicted octanol–water partition coefficient (Wildman–Crippen LogP) is 0.357. The Morgan fingerprint density at radius 3 is 2.68 bits per heavy atom. The van der Waals surface area contributed by atoms with Gasteiger partial charge in [0.2, 0.25) is 5.03 Å². The fraction of sp³-hybridized carbons (Fsp3) is 0.667. The maximum atomic E-state index is 12.0. The van der Waals surface area contributed by atoms with Gasteiger partial charge in [0.1, 0.15) is 0 Å². The van der Waals surface area contributed by atoms with Crippen LogP contribution in [0.4, 0.5) is 0 Å².